The maximum atomic E-state index is 13.9. The van der Waals surface area contributed by atoms with Crippen molar-refractivity contribution in [2.24, 2.45) is 0 Å². The molecule has 1 amide bonds. The fraction of sp³-hybridized carbons (Fsp3) is 0.500. The number of carbonyl (C=O) groups is 1. The second-order valence-corrected chi connectivity index (χ2v) is 6.44. The summed E-state index contributed by atoms with van der Waals surface area (Å²) in [5, 5.41) is 3.53. The zero-order valence-electron chi connectivity index (χ0n) is 10.5. The fourth-order valence-electron chi connectivity index (χ4n) is 2.99. The first-order chi connectivity index (χ1) is 9.15. The number of carbonyl (C=O) groups excluding carboxylic acids is 1. The Morgan fingerprint density at radius 2 is 2.11 bits per heavy atom. The molecule has 2 aliphatic rings. The van der Waals surface area contributed by atoms with Crippen molar-refractivity contribution in [2.75, 3.05) is 13.1 Å². The van der Waals surface area contributed by atoms with E-state index >= 15 is 0 Å². The zero-order valence-corrected chi connectivity index (χ0v) is 12.7. The minimum atomic E-state index is -0.417. The second kappa shape index (κ2) is 5.36. The average molecular weight is 374 g/mol. The first-order valence-corrected chi connectivity index (χ1v) is 7.72. The van der Waals surface area contributed by atoms with Gasteiger partial charge in [-0.25, -0.2) is 4.39 Å². The van der Waals surface area contributed by atoms with Crippen molar-refractivity contribution < 1.29 is 9.18 Å². The minimum Gasteiger partial charge on any atom is -0.337 e. The van der Waals surface area contributed by atoms with Gasteiger partial charge in [-0.3, -0.25) is 4.79 Å². The van der Waals surface area contributed by atoms with Crippen molar-refractivity contribution in [3.63, 3.8) is 0 Å². The molecule has 1 N–H and O–H groups in total. The number of amides is 1. The molecule has 19 heavy (non-hydrogen) atoms. The van der Waals surface area contributed by atoms with Crippen LogP contribution in [0.3, 0.4) is 0 Å². The number of nitrogens with one attached hydrogen (secondary N) is 1. The SMILES string of the molecule is O=C(c1c(F)cccc1I)N1CCC2CCC(C1)N2. The van der Waals surface area contributed by atoms with Crippen LogP contribution in [-0.4, -0.2) is 36.0 Å². The lowest BCUT2D eigenvalue weighted by molar-refractivity contribution is 0.0742. The van der Waals surface area contributed by atoms with Gasteiger partial charge in [0, 0.05) is 28.7 Å². The van der Waals surface area contributed by atoms with E-state index in [4.69, 9.17) is 0 Å². The Morgan fingerprint density at radius 1 is 1.32 bits per heavy atom. The van der Waals surface area contributed by atoms with Gasteiger partial charge in [-0.05, 0) is 54.0 Å². The van der Waals surface area contributed by atoms with E-state index in [1.807, 2.05) is 22.6 Å². The third-order valence-corrected chi connectivity index (χ3v) is 4.89. The molecule has 1 aromatic carbocycles. The molecule has 2 bridgehead atoms. The first-order valence-electron chi connectivity index (χ1n) is 6.64. The van der Waals surface area contributed by atoms with Gasteiger partial charge in [0.05, 0.1) is 5.56 Å². The molecule has 2 saturated heterocycles. The Hall–Kier alpha value is -0.690. The number of likely N-dealkylation sites (tertiary alicyclic amines) is 1. The molecule has 0 spiro atoms. The smallest absolute Gasteiger partial charge is 0.257 e. The predicted octanol–water partition coefficient (Wildman–Crippen LogP) is 2.40. The van der Waals surface area contributed by atoms with Crippen LogP contribution in [-0.2, 0) is 0 Å². The van der Waals surface area contributed by atoms with Crippen molar-refractivity contribution >= 4 is 28.5 Å². The lowest BCUT2D eigenvalue weighted by Crippen LogP contribution is -2.39. The average Bonchev–Trinajstić information content (AvgIpc) is 2.68. The van der Waals surface area contributed by atoms with E-state index in [1.165, 1.54) is 12.5 Å². The quantitative estimate of drug-likeness (QED) is 0.766. The molecule has 0 aliphatic carbocycles. The predicted molar refractivity (Wildman–Crippen MR) is 79.6 cm³/mol. The molecule has 2 heterocycles. The van der Waals surface area contributed by atoms with Crippen LogP contribution in [0.5, 0.6) is 0 Å². The summed E-state index contributed by atoms with van der Waals surface area (Å²) in [6, 6.07) is 5.68. The molecule has 2 fully saturated rings. The maximum Gasteiger partial charge on any atom is 0.257 e. The number of fused-ring (bicyclic) bond motifs is 2. The van der Waals surface area contributed by atoms with Gasteiger partial charge in [-0.15, -0.1) is 0 Å². The van der Waals surface area contributed by atoms with Gasteiger partial charge in [0.25, 0.3) is 5.91 Å². The molecule has 2 unspecified atom stereocenters. The van der Waals surface area contributed by atoms with E-state index in [0.29, 0.717) is 22.2 Å². The molecule has 102 valence electrons. The van der Waals surface area contributed by atoms with Gasteiger partial charge >= 0.3 is 0 Å². The molecule has 3 rings (SSSR count). The van der Waals surface area contributed by atoms with Crippen LogP contribution in [0, 0.1) is 9.39 Å². The van der Waals surface area contributed by atoms with Gasteiger partial charge in [0.1, 0.15) is 5.82 Å². The zero-order chi connectivity index (χ0) is 13.4. The monoisotopic (exact) mass is 374 g/mol. The minimum absolute atomic E-state index is 0.170. The van der Waals surface area contributed by atoms with E-state index < -0.39 is 5.82 Å². The van der Waals surface area contributed by atoms with Crippen molar-refractivity contribution in [1.82, 2.24) is 10.2 Å². The Kier molecular flexibility index (Phi) is 3.75. The fourth-order valence-corrected chi connectivity index (χ4v) is 3.68. The Morgan fingerprint density at radius 3 is 2.89 bits per heavy atom. The van der Waals surface area contributed by atoms with Crippen LogP contribution in [0.15, 0.2) is 18.2 Å². The number of hydrogen-bond donors (Lipinski definition) is 1. The summed E-state index contributed by atoms with van der Waals surface area (Å²) in [6.45, 7) is 1.41. The summed E-state index contributed by atoms with van der Waals surface area (Å²) in [7, 11) is 0. The molecule has 2 aliphatic heterocycles. The van der Waals surface area contributed by atoms with Gasteiger partial charge in [0.15, 0.2) is 0 Å². The van der Waals surface area contributed by atoms with E-state index in [-0.39, 0.29) is 11.5 Å². The van der Waals surface area contributed by atoms with Crippen molar-refractivity contribution in [3.05, 3.63) is 33.1 Å². The Bertz CT molecular complexity index is 488. The van der Waals surface area contributed by atoms with Crippen molar-refractivity contribution in [1.29, 1.82) is 0 Å². The third-order valence-electron chi connectivity index (χ3n) is 3.99. The normalized spacial score (nSPS) is 26.3. The summed E-state index contributed by atoms with van der Waals surface area (Å²) in [5.41, 5.74) is 0.223. The summed E-state index contributed by atoms with van der Waals surface area (Å²) in [5.74, 6) is -0.587. The molecule has 0 radical (unpaired) electrons. The van der Waals surface area contributed by atoms with Gasteiger partial charge in [-0.1, -0.05) is 6.07 Å². The van der Waals surface area contributed by atoms with Crippen LogP contribution in [0.2, 0.25) is 0 Å². The van der Waals surface area contributed by atoms with E-state index in [0.717, 1.165) is 19.4 Å². The summed E-state index contributed by atoms with van der Waals surface area (Å²) in [6.07, 6.45) is 3.28. The van der Waals surface area contributed by atoms with Gasteiger partial charge in [-0.2, -0.15) is 0 Å². The largest absolute Gasteiger partial charge is 0.337 e. The lowest BCUT2D eigenvalue weighted by Gasteiger charge is -2.25. The molecular weight excluding hydrogens is 358 g/mol. The highest BCUT2D eigenvalue weighted by molar-refractivity contribution is 14.1. The Labute approximate surface area is 125 Å². The van der Waals surface area contributed by atoms with Crippen molar-refractivity contribution in [3.8, 4) is 0 Å². The number of rotatable bonds is 1. The maximum absolute atomic E-state index is 13.9. The third kappa shape index (κ3) is 2.63. The highest BCUT2D eigenvalue weighted by Crippen LogP contribution is 2.23. The summed E-state index contributed by atoms with van der Waals surface area (Å²) >= 11 is 2.03. The number of benzene rings is 1. The summed E-state index contributed by atoms with van der Waals surface area (Å²) in [4.78, 5) is 14.3. The highest BCUT2D eigenvalue weighted by atomic mass is 127. The number of hydrogen-bond acceptors (Lipinski definition) is 2. The van der Waals surface area contributed by atoms with Gasteiger partial charge in [0.2, 0.25) is 0 Å². The highest BCUT2D eigenvalue weighted by Gasteiger charge is 2.32. The second-order valence-electron chi connectivity index (χ2n) is 5.27. The molecule has 0 aromatic heterocycles. The standard InChI is InChI=1S/C14H16FIN2O/c15-11-2-1-3-12(16)13(11)14(19)18-7-6-9-4-5-10(8-18)17-9/h1-3,9-10,17H,4-8H2. The summed E-state index contributed by atoms with van der Waals surface area (Å²) < 4.78 is 14.6. The topological polar surface area (TPSA) is 32.3 Å². The molecule has 1 aromatic rings. The van der Waals surface area contributed by atoms with Crippen LogP contribution < -0.4 is 5.32 Å². The van der Waals surface area contributed by atoms with E-state index in [2.05, 4.69) is 5.32 Å². The molecular formula is C14H16FIN2O. The van der Waals surface area contributed by atoms with Gasteiger partial charge < -0.3 is 10.2 Å². The van der Waals surface area contributed by atoms with Crippen LogP contribution >= 0.6 is 22.6 Å². The molecule has 3 nitrogen and oxygen atoms in total. The van der Waals surface area contributed by atoms with E-state index in [1.54, 1.807) is 17.0 Å². The number of nitrogens with zero attached hydrogens (tertiary/aromatic N) is 1. The lowest BCUT2D eigenvalue weighted by atomic mass is 10.1. The molecule has 2 atom stereocenters. The molecule has 0 saturated carbocycles. The van der Waals surface area contributed by atoms with E-state index in [9.17, 15) is 9.18 Å². The molecule has 5 heteroatoms. The first kappa shape index (κ1) is 13.3. The van der Waals surface area contributed by atoms with Crippen molar-refractivity contribution in [2.45, 2.75) is 31.3 Å². The Balaban J connectivity index is 1.84. The van der Waals surface area contributed by atoms with Crippen LogP contribution in [0.4, 0.5) is 4.39 Å². The number of halogens is 2. The van der Waals surface area contributed by atoms with Crippen LogP contribution in [0.25, 0.3) is 0 Å². The van der Waals surface area contributed by atoms with Crippen LogP contribution in [0.1, 0.15) is 29.6 Å².